The molecule has 0 spiro atoms. The average Bonchev–Trinajstić information content (AvgIpc) is 2.17. The average molecular weight is 196 g/mol. The summed E-state index contributed by atoms with van der Waals surface area (Å²) >= 11 is 5.89. The molecule has 3 heteroatoms. The lowest BCUT2D eigenvalue weighted by molar-refractivity contribution is 0.415. The van der Waals surface area contributed by atoms with Gasteiger partial charge in [-0.3, -0.25) is 0 Å². The fraction of sp³-hybridized carbons (Fsp3) is 0.200. The Balaban J connectivity index is 2.40. The highest BCUT2D eigenvalue weighted by atomic mass is 35.5. The van der Waals surface area contributed by atoms with Crippen molar-refractivity contribution in [3.63, 3.8) is 0 Å². The van der Waals surface area contributed by atoms with Crippen LogP contribution in [0.1, 0.15) is 5.56 Å². The van der Waals surface area contributed by atoms with Gasteiger partial charge in [0, 0.05) is 11.3 Å². The molecular weight excluding hydrogens is 186 g/mol. The van der Waals surface area contributed by atoms with Gasteiger partial charge < -0.3 is 10.1 Å². The van der Waals surface area contributed by atoms with Crippen molar-refractivity contribution in [2.45, 2.75) is 5.50 Å². The van der Waals surface area contributed by atoms with E-state index in [2.05, 4.69) is 5.32 Å². The van der Waals surface area contributed by atoms with Crippen LogP contribution in [0, 0.1) is 0 Å². The number of ether oxygens (including phenoxy) is 1. The fourth-order valence-electron chi connectivity index (χ4n) is 1.32. The van der Waals surface area contributed by atoms with E-state index in [0.29, 0.717) is 0 Å². The van der Waals surface area contributed by atoms with E-state index in [1.165, 1.54) is 0 Å². The van der Waals surface area contributed by atoms with Gasteiger partial charge in [0.15, 0.2) is 0 Å². The number of hydrogen-bond acceptors (Lipinski definition) is 2. The van der Waals surface area contributed by atoms with E-state index >= 15 is 0 Å². The lowest BCUT2D eigenvalue weighted by Gasteiger charge is -2.17. The number of hydrogen-bond donors (Lipinski definition) is 1. The number of rotatable bonds is 1. The number of methoxy groups -OCH3 is 1. The SMILES string of the molecule is COc1ccc2c(c1)C=C[C@H](Cl)N2. The topological polar surface area (TPSA) is 21.3 Å². The number of fused-ring (bicyclic) bond motifs is 1. The van der Waals surface area contributed by atoms with E-state index in [1.807, 2.05) is 30.4 Å². The lowest BCUT2D eigenvalue weighted by atomic mass is 10.1. The summed E-state index contributed by atoms with van der Waals surface area (Å²) in [6, 6.07) is 5.85. The highest BCUT2D eigenvalue weighted by Gasteiger charge is 2.09. The molecule has 1 aliphatic rings. The second-order valence-electron chi connectivity index (χ2n) is 2.86. The van der Waals surface area contributed by atoms with Gasteiger partial charge in [-0.25, -0.2) is 0 Å². The Morgan fingerprint density at radius 2 is 2.31 bits per heavy atom. The molecule has 0 radical (unpaired) electrons. The van der Waals surface area contributed by atoms with Gasteiger partial charge in [-0.1, -0.05) is 17.7 Å². The first kappa shape index (κ1) is 8.45. The molecule has 0 bridgehead atoms. The molecule has 0 unspecified atom stereocenters. The summed E-state index contributed by atoms with van der Waals surface area (Å²) in [7, 11) is 1.66. The molecule has 1 aromatic rings. The largest absolute Gasteiger partial charge is 0.497 e. The maximum Gasteiger partial charge on any atom is 0.120 e. The molecule has 68 valence electrons. The Labute approximate surface area is 82.2 Å². The summed E-state index contributed by atoms with van der Waals surface area (Å²) in [5, 5.41) is 3.13. The van der Waals surface area contributed by atoms with E-state index in [4.69, 9.17) is 16.3 Å². The van der Waals surface area contributed by atoms with Crippen LogP contribution in [0.2, 0.25) is 0 Å². The minimum Gasteiger partial charge on any atom is -0.497 e. The Kier molecular flexibility index (Phi) is 2.15. The van der Waals surface area contributed by atoms with Crippen molar-refractivity contribution in [2.24, 2.45) is 0 Å². The quantitative estimate of drug-likeness (QED) is 0.550. The number of alkyl halides is 1. The molecule has 13 heavy (non-hydrogen) atoms. The summed E-state index contributed by atoms with van der Waals surface area (Å²) in [5.41, 5.74) is 2.04. The van der Waals surface area contributed by atoms with Crippen molar-refractivity contribution in [2.75, 3.05) is 12.4 Å². The molecule has 0 aromatic heterocycles. The van der Waals surface area contributed by atoms with E-state index in [1.54, 1.807) is 7.11 Å². The monoisotopic (exact) mass is 195 g/mol. The van der Waals surface area contributed by atoms with Crippen LogP contribution in [0.25, 0.3) is 6.08 Å². The molecule has 0 fully saturated rings. The molecule has 1 aliphatic heterocycles. The van der Waals surface area contributed by atoms with Gasteiger partial charge in [-0.2, -0.15) is 0 Å². The van der Waals surface area contributed by atoms with Crippen LogP contribution in [0.3, 0.4) is 0 Å². The summed E-state index contributed by atoms with van der Waals surface area (Å²) in [5.74, 6) is 0.859. The van der Waals surface area contributed by atoms with Crippen LogP contribution < -0.4 is 10.1 Å². The fourth-order valence-corrected chi connectivity index (χ4v) is 1.51. The number of nitrogens with one attached hydrogen (secondary N) is 1. The molecular formula is C10H10ClNO. The predicted molar refractivity (Wildman–Crippen MR) is 55.3 cm³/mol. The summed E-state index contributed by atoms with van der Waals surface area (Å²) in [4.78, 5) is 0. The molecule has 2 nitrogen and oxygen atoms in total. The normalized spacial score (nSPS) is 19.1. The maximum absolute atomic E-state index is 5.89. The van der Waals surface area contributed by atoms with Crippen molar-refractivity contribution < 1.29 is 4.74 Å². The van der Waals surface area contributed by atoms with Crippen molar-refractivity contribution in [1.29, 1.82) is 0 Å². The first-order valence-electron chi connectivity index (χ1n) is 4.06. The van der Waals surface area contributed by atoms with Gasteiger partial charge in [0.25, 0.3) is 0 Å². The predicted octanol–water partition coefficient (Wildman–Crippen LogP) is 2.70. The third kappa shape index (κ3) is 1.63. The van der Waals surface area contributed by atoms with E-state index < -0.39 is 0 Å². The smallest absolute Gasteiger partial charge is 0.120 e. The third-order valence-corrected chi connectivity index (χ3v) is 2.25. The molecule has 0 aliphatic carbocycles. The van der Waals surface area contributed by atoms with Crippen LogP contribution in [0.5, 0.6) is 5.75 Å². The Bertz CT molecular complexity index is 349. The molecule has 1 N–H and O–H groups in total. The molecule has 0 saturated heterocycles. The van der Waals surface area contributed by atoms with Crippen LogP contribution >= 0.6 is 11.6 Å². The van der Waals surface area contributed by atoms with Crippen molar-refractivity contribution in [3.8, 4) is 5.75 Å². The van der Waals surface area contributed by atoms with Gasteiger partial charge in [-0.05, 0) is 24.3 Å². The first-order chi connectivity index (χ1) is 6.29. The molecule has 1 aromatic carbocycles. The highest BCUT2D eigenvalue weighted by molar-refractivity contribution is 6.23. The maximum atomic E-state index is 5.89. The number of halogens is 1. The summed E-state index contributed by atoms with van der Waals surface area (Å²) in [6.07, 6.45) is 3.90. The van der Waals surface area contributed by atoms with Crippen LogP contribution in [0.15, 0.2) is 24.3 Å². The van der Waals surface area contributed by atoms with E-state index in [0.717, 1.165) is 17.0 Å². The van der Waals surface area contributed by atoms with Gasteiger partial charge in [0.1, 0.15) is 11.3 Å². The minimum atomic E-state index is -0.110. The van der Waals surface area contributed by atoms with Gasteiger partial charge in [-0.15, -0.1) is 0 Å². The van der Waals surface area contributed by atoms with Crippen molar-refractivity contribution >= 4 is 23.4 Å². The molecule has 1 heterocycles. The van der Waals surface area contributed by atoms with Crippen molar-refractivity contribution in [3.05, 3.63) is 29.8 Å². The standard InChI is InChI=1S/C10H10ClNO/c1-13-8-3-4-9-7(6-8)2-5-10(11)12-9/h2-6,10,12H,1H3/t10-/m1/s1. The zero-order valence-electron chi connectivity index (χ0n) is 7.25. The Morgan fingerprint density at radius 3 is 3.08 bits per heavy atom. The zero-order valence-corrected chi connectivity index (χ0v) is 8.01. The summed E-state index contributed by atoms with van der Waals surface area (Å²) < 4.78 is 5.11. The van der Waals surface area contributed by atoms with Gasteiger partial charge in [0.05, 0.1) is 7.11 Å². The van der Waals surface area contributed by atoms with Crippen LogP contribution in [0.4, 0.5) is 5.69 Å². The third-order valence-electron chi connectivity index (χ3n) is 2.00. The minimum absolute atomic E-state index is 0.110. The lowest BCUT2D eigenvalue weighted by Crippen LogP contribution is -2.12. The zero-order chi connectivity index (χ0) is 9.26. The number of anilines is 1. The Morgan fingerprint density at radius 1 is 1.46 bits per heavy atom. The summed E-state index contributed by atoms with van der Waals surface area (Å²) in [6.45, 7) is 0. The van der Waals surface area contributed by atoms with Gasteiger partial charge >= 0.3 is 0 Å². The van der Waals surface area contributed by atoms with E-state index in [-0.39, 0.29) is 5.50 Å². The van der Waals surface area contributed by atoms with Gasteiger partial charge in [0.2, 0.25) is 0 Å². The molecule has 1 atom stereocenters. The first-order valence-corrected chi connectivity index (χ1v) is 4.50. The van der Waals surface area contributed by atoms with E-state index in [9.17, 15) is 0 Å². The molecule has 0 saturated carbocycles. The molecule has 0 amide bonds. The Hall–Kier alpha value is -1.15. The molecule has 2 rings (SSSR count). The second kappa shape index (κ2) is 3.30. The number of benzene rings is 1. The van der Waals surface area contributed by atoms with Crippen molar-refractivity contribution in [1.82, 2.24) is 0 Å². The second-order valence-corrected chi connectivity index (χ2v) is 3.33. The van der Waals surface area contributed by atoms with Crippen LogP contribution in [-0.2, 0) is 0 Å². The highest BCUT2D eigenvalue weighted by Crippen LogP contribution is 2.27. The van der Waals surface area contributed by atoms with Crippen LogP contribution in [-0.4, -0.2) is 12.6 Å².